The van der Waals surface area contributed by atoms with E-state index in [0.717, 1.165) is 17.4 Å². The molecule has 2 aromatic heterocycles. The third-order valence-corrected chi connectivity index (χ3v) is 5.92. The van der Waals surface area contributed by atoms with Gasteiger partial charge in [0.25, 0.3) is 0 Å². The molecule has 0 radical (unpaired) electrons. The first-order valence-corrected chi connectivity index (χ1v) is 11.5. The number of nitrogens with zero attached hydrogens (tertiary/aromatic N) is 3. The zero-order chi connectivity index (χ0) is 24.1. The molecule has 2 aromatic carbocycles. The number of aromatic nitrogens is 2. The van der Waals surface area contributed by atoms with Crippen LogP contribution in [0, 0.1) is 0 Å². The van der Waals surface area contributed by atoms with Crippen LogP contribution in [0.3, 0.4) is 0 Å². The normalized spacial score (nSPS) is 12.8. The van der Waals surface area contributed by atoms with E-state index >= 15 is 0 Å². The molecule has 174 valence electrons. The molecule has 0 atom stereocenters. The van der Waals surface area contributed by atoms with Gasteiger partial charge in [-0.1, -0.05) is 43.3 Å². The van der Waals surface area contributed by atoms with Gasteiger partial charge in [-0.2, -0.15) is 13.2 Å². The Balaban J connectivity index is 1.87. The maximum absolute atomic E-state index is 13.7. The zero-order valence-electron chi connectivity index (χ0n) is 18.3. The highest BCUT2D eigenvalue weighted by molar-refractivity contribution is 7.11. The zero-order valence-corrected chi connectivity index (χ0v) is 19.1. The molecule has 3 N–H and O–H groups in total. The number of halogens is 3. The average Bonchev–Trinajstić information content (AvgIpc) is 3.36. The molecule has 4 rings (SSSR count). The van der Waals surface area contributed by atoms with Crippen LogP contribution in [0.5, 0.6) is 0 Å². The van der Waals surface area contributed by atoms with Gasteiger partial charge in [0.2, 0.25) is 0 Å². The van der Waals surface area contributed by atoms with Gasteiger partial charge in [0.05, 0.1) is 11.1 Å². The summed E-state index contributed by atoms with van der Waals surface area (Å²) in [5.41, 5.74) is 6.26. The van der Waals surface area contributed by atoms with Crippen molar-refractivity contribution in [2.45, 2.75) is 19.5 Å². The number of benzene rings is 2. The molecular formula is C25H22F3N5S. The molecule has 0 fully saturated rings. The lowest BCUT2D eigenvalue weighted by Gasteiger charge is -2.16. The van der Waals surface area contributed by atoms with E-state index in [0.29, 0.717) is 34.7 Å². The first kappa shape index (κ1) is 23.4. The van der Waals surface area contributed by atoms with E-state index in [1.54, 1.807) is 12.1 Å². The third-order valence-electron chi connectivity index (χ3n) is 5.02. The molecule has 0 bridgehead atoms. The van der Waals surface area contributed by atoms with E-state index in [1.807, 2.05) is 36.6 Å². The van der Waals surface area contributed by atoms with Gasteiger partial charge in [0.1, 0.15) is 11.7 Å². The summed E-state index contributed by atoms with van der Waals surface area (Å²) in [6.45, 7) is 2.54. The highest BCUT2D eigenvalue weighted by Gasteiger charge is 2.34. The Morgan fingerprint density at radius 2 is 1.82 bits per heavy atom. The smallest absolute Gasteiger partial charge is 0.404 e. The van der Waals surface area contributed by atoms with Gasteiger partial charge in [0, 0.05) is 34.1 Å². The van der Waals surface area contributed by atoms with Gasteiger partial charge in [0.15, 0.2) is 5.82 Å². The van der Waals surface area contributed by atoms with Crippen LogP contribution in [0.4, 0.5) is 19.0 Å². The summed E-state index contributed by atoms with van der Waals surface area (Å²) in [5, 5.41) is 5.83. The van der Waals surface area contributed by atoms with Crippen molar-refractivity contribution >= 4 is 39.5 Å². The van der Waals surface area contributed by atoms with Gasteiger partial charge in [-0.25, -0.2) is 9.97 Å². The second kappa shape index (κ2) is 10.0. The van der Waals surface area contributed by atoms with Crippen molar-refractivity contribution in [3.8, 4) is 11.4 Å². The van der Waals surface area contributed by atoms with Crippen LogP contribution in [0.25, 0.3) is 27.9 Å². The molecule has 0 aliphatic rings. The summed E-state index contributed by atoms with van der Waals surface area (Å²) < 4.78 is 41.1. The van der Waals surface area contributed by atoms with Crippen LogP contribution in [-0.4, -0.2) is 22.3 Å². The summed E-state index contributed by atoms with van der Waals surface area (Å²) >= 11 is 1.51. The van der Waals surface area contributed by atoms with Crippen LogP contribution >= 0.6 is 11.3 Å². The summed E-state index contributed by atoms with van der Waals surface area (Å²) in [7, 11) is 0. The predicted octanol–water partition coefficient (Wildman–Crippen LogP) is 6.60. The highest BCUT2D eigenvalue weighted by Crippen LogP contribution is 2.37. The number of alkyl halides is 3. The average molecular weight is 482 g/mol. The van der Waals surface area contributed by atoms with Crippen LogP contribution in [0.2, 0.25) is 0 Å². The number of hydrogen-bond donors (Lipinski definition) is 2. The molecule has 0 saturated carbocycles. The van der Waals surface area contributed by atoms with E-state index < -0.39 is 11.7 Å². The number of amidine groups is 1. The lowest BCUT2D eigenvalue weighted by atomic mass is 10.1. The number of thiophene rings is 1. The number of fused-ring (bicyclic) bond motifs is 1. The van der Waals surface area contributed by atoms with E-state index in [-0.39, 0.29) is 11.4 Å². The van der Waals surface area contributed by atoms with E-state index in [9.17, 15) is 13.2 Å². The first-order valence-electron chi connectivity index (χ1n) is 10.6. The van der Waals surface area contributed by atoms with Crippen molar-refractivity contribution in [3.05, 3.63) is 82.7 Å². The van der Waals surface area contributed by atoms with E-state index in [1.165, 1.54) is 35.7 Å². The van der Waals surface area contributed by atoms with Gasteiger partial charge >= 0.3 is 6.18 Å². The molecule has 34 heavy (non-hydrogen) atoms. The molecule has 0 aliphatic heterocycles. The second-order valence-corrected chi connectivity index (χ2v) is 8.32. The number of para-hydroxylation sites is 1. The summed E-state index contributed by atoms with van der Waals surface area (Å²) in [5.74, 6) is 0.812. The molecule has 2 heterocycles. The van der Waals surface area contributed by atoms with Crippen molar-refractivity contribution in [2.75, 3.05) is 11.9 Å². The lowest BCUT2D eigenvalue weighted by Crippen LogP contribution is -2.17. The van der Waals surface area contributed by atoms with E-state index in [4.69, 9.17) is 5.73 Å². The van der Waals surface area contributed by atoms with Crippen molar-refractivity contribution < 1.29 is 13.2 Å². The van der Waals surface area contributed by atoms with Crippen LogP contribution in [0.15, 0.2) is 77.2 Å². The maximum atomic E-state index is 13.7. The Hall–Kier alpha value is -3.72. The van der Waals surface area contributed by atoms with Crippen molar-refractivity contribution in [1.29, 1.82) is 0 Å². The Morgan fingerprint density at radius 3 is 2.53 bits per heavy atom. The van der Waals surface area contributed by atoms with Crippen LogP contribution < -0.4 is 11.1 Å². The molecular weight excluding hydrogens is 459 g/mol. The minimum atomic E-state index is -4.54. The van der Waals surface area contributed by atoms with Gasteiger partial charge in [-0.15, -0.1) is 11.3 Å². The fraction of sp³-hybridized carbons (Fsp3) is 0.160. The molecule has 4 aromatic rings. The fourth-order valence-corrected chi connectivity index (χ4v) is 4.21. The molecule has 0 amide bonds. The summed E-state index contributed by atoms with van der Waals surface area (Å²) in [6.07, 6.45) is -2.26. The molecule has 0 aliphatic carbocycles. The Bertz CT molecular complexity index is 1340. The summed E-state index contributed by atoms with van der Waals surface area (Å²) in [4.78, 5) is 14.5. The van der Waals surface area contributed by atoms with Crippen molar-refractivity contribution in [2.24, 2.45) is 10.7 Å². The van der Waals surface area contributed by atoms with E-state index in [2.05, 4.69) is 20.3 Å². The Kier molecular flexibility index (Phi) is 6.93. The van der Waals surface area contributed by atoms with Gasteiger partial charge < -0.3 is 11.1 Å². The molecule has 5 nitrogen and oxygen atoms in total. The maximum Gasteiger partial charge on any atom is 0.417 e. The SMILES string of the molecule is CCCN=C(Nc1nc(-c2ccccc2C(F)(F)F)nc2ccccc12)/C(=C\N)c1cccs1. The largest absolute Gasteiger partial charge is 0.417 e. The number of rotatable bonds is 6. The minimum absolute atomic E-state index is 0.0293. The van der Waals surface area contributed by atoms with Crippen LogP contribution in [0.1, 0.15) is 23.8 Å². The number of hydrogen-bond acceptors (Lipinski definition) is 5. The fourth-order valence-electron chi connectivity index (χ4n) is 3.46. The molecule has 0 unspecified atom stereocenters. The number of nitrogens with one attached hydrogen (secondary N) is 1. The number of nitrogens with two attached hydrogens (primary N) is 1. The van der Waals surface area contributed by atoms with Crippen molar-refractivity contribution in [3.63, 3.8) is 0 Å². The highest BCUT2D eigenvalue weighted by atomic mass is 32.1. The molecule has 0 saturated heterocycles. The predicted molar refractivity (Wildman–Crippen MR) is 133 cm³/mol. The van der Waals surface area contributed by atoms with Gasteiger partial charge in [-0.05, 0) is 36.1 Å². The summed E-state index contributed by atoms with van der Waals surface area (Å²) in [6, 6.07) is 16.3. The first-order chi connectivity index (χ1) is 16.4. The molecule has 9 heteroatoms. The Morgan fingerprint density at radius 1 is 1.06 bits per heavy atom. The lowest BCUT2D eigenvalue weighted by molar-refractivity contribution is -0.137. The second-order valence-electron chi connectivity index (χ2n) is 7.37. The number of aliphatic imine (C=N–C) groups is 1. The number of anilines is 1. The standard InChI is InChI=1S/C25H22F3N5S/c1-2-13-30-22(18(15-29)21-12-7-14-34-21)32-24-17-9-4-6-11-20(17)31-23(33-24)16-8-3-5-10-19(16)25(26,27)28/h3-12,14-15H,2,13,29H2,1H3,(H,30,31,32,33)/b18-15-. The monoisotopic (exact) mass is 481 g/mol. The Labute approximate surface area is 198 Å². The quantitative estimate of drug-likeness (QED) is 0.240. The van der Waals surface area contributed by atoms with Gasteiger partial charge in [-0.3, -0.25) is 4.99 Å². The van der Waals surface area contributed by atoms with Crippen molar-refractivity contribution in [1.82, 2.24) is 9.97 Å². The topological polar surface area (TPSA) is 76.2 Å². The minimum Gasteiger partial charge on any atom is -0.404 e. The van der Waals surface area contributed by atoms with Crippen LogP contribution in [-0.2, 0) is 6.18 Å². The third kappa shape index (κ3) is 4.94. The molecule has 0 spiro atoms.